The van der Waals surface area contributed by atoms with Crippen LogP contribution in [-0.2, 0) is 16.4 Å². The van der Waals surface area contributed by atoms with Gasteiger partial charge in [0, 0.05) is 16.9 Å². The smallest absolute Gasteiger partial charge is 0.241 e. The average Bonchev–Trinajstić information content (AvgIpc) is 2.81. The number of sulfonamides is 1. The maximum absolute atomic E-state index is 12.2. The lowest BCUT2D eigenvalue weighted by molar-refractivity contribution is 0.479. The van der Waals surface area contributed by atoms with Crippen LogP contribution in [0.25, 0.3) is 0 Å². The monoisotopic (exact) mass is 343 g/mol. The summed E-state index contributed by atoms with van der Waals surface area (Å²) in [6.45, 7) is 1.80. The van der Waals surface area contributed by atoms with Crippen molar-refractivity contribution in [2.24, 2.45) is 0 Å². The second kappa shape index (κ2) is 5.90. The summed E-state index contributed by atoms with van der Waals surface area (Å²) >= 11 is 3.24. The summed E-state index contributed by atoms with van der Waals surface area (Å²) < 4.78 is 32.8. The van der Waals surface area contributed by atoms with Gasteiger partial charge in [-0.15, -0.1) is 0 Å². The van der Waals surface area contributed by atoms with Crippen molar-refractivity contribution in [2.75, 3.05) is 0 Å². The highest BCUT2D eigenvalue weighted by Gasteiger charge is 2.20. The molecule has 1 N–H and O–H groups in total. The second-order valence-electron chi connectivity index (χ2n) is 4.24. The van der Waals surface area contributed by atoms with Crippen LogP contribution < -0.4 is 4.72 Å². The lowest BCUT2D eigenvalue weighted by atomic mass is 10.2. The lowest BCUT2D eigenvalue weighted by Gasteiger charge is -2.13. The second-order valence-corrected chi connectivity index (χ2v) is 6.77. The molecular formula is C13H14BrNO3S. The van der Waals surface area contributed by atoms with Crippen LogP contribution in [-0.4, -0.2) is 14.5 Å². The Labute approximate surface area is 121 Å². The number of furan rings is 1. The zero-order valence-corrected chi connectivity index (χ0v) is 12.7. The predicted octanol–water partition coefficient (Wildman–Crippen LogP) is 2.95. The minimum Gasteiger partial charge on any atom is -0.469 e. The number of hydrogen-bond acceptors (Lipinski definition) is 3. The molecule has 2 rings (SSSR count). The Balaban J connectivity index is 2.11. The molecule has 0 bridgehead atoms. The molecule has 0 amide bonds. The summed E-state index contributed by atoms with van der Waals surface area (Å²) in [6.07, 6.45) is 2.08. The van der Waals surface area contributed by atoms with E-state index in [9.17, 15) is 8.42 Å². The van der Waals surface area contributed by atoms with Gasteiger partial charge in [-0.1, -0.05) is 12.1 Å². The molecule has 2 aromatic rings. The van der Waals surface area contributed by atoms with E-state index in [1.807, 2.05) is 6.07 Å². The largest absolute Gasteiger partial charge is 0.469 e. The third-order valence-electron chi connectivity index (χ3n) is 2.57. The highest BCUT2D eigenvalue weighted by Crippen LogP contribution is 2.21. The molecule has 102 valence electrons. The van der Waals surface area contributed by atoms with Crippen LogP contribution in [0.5, 0.6) is 0 Å². The number of hydrogen-bond donors (Lipinski definition) is 1. The number of halogens is 1. The Morgan fingerprint density at radius 3 is 2.63 bits per heavy atom. The van der Waals surface area contributed by atoms with Gasteiger partial charge in [-0.2, -0.15) is 0 Å². The molecule has 1 aromatic carbocycles. The molecule has 0 saturated carbocycles. The molecule has 0 spiro atoms. The zero-order chi connectivity index (χ0) is 13.9. The van der Waals surface area contributed by atoms with Crippen molar-refractivity contribution < 1.29 is 12.8 Å². The van der Waals surface area contributed by atoms with Crippen molar-refractivity contribution in [2.45, 2.75) is 24.3 Å². The first-order valence-electron chi connectivity index (χ1n) is 5.78. The fourth-order valence-corrected chi connectivity index (χ4v) is 4.01. The van der Waals surface area contributed by atoms with Crippen LogP contribution in [0.4, 0.5) is 0 Å². The molecule has 0 saturated heterocycles. The Hall–Kier alpha value is -1.11. The normalized spacial score (nSPS) is 13.4. The molecule has 0 aliphatic rings. The van der Waals surface area contributed by atoms with Crippen molar-refractivity contribution >= 4 is 26.0 Å². The van der Waals surface area contributed by atoms with Gasteiger partial charge in [-0.3, -0.25) is 0 Å². The molecule has 1 heterocycles. The molecule has 1 unspecified atom stereocenters. The SMILES string of the molecule is CC(Cc1ccco1)NS(=O)(=O)c1ccccc1Br. The summed E-state index contributed by atoms with van der Waals surface area (Å²) in [6, 6.07) is 10.1. The van der Waals surface area contributed by atoms with Crippen LogP contribution in [0, 0.1) is 0 Å². The minimum absolute atomic E-state index is 0.237. The van der Waals surface area contributed by atoms with E-state index < -0.39 is 10.0 Å². The topological polar surface area (TPSA) is 59.3 Å². The molecular weight excluding hydrogens is 330 g/mol. The Kier molecular flexibility index (Phi) is 4.44. The summed E-state index contributed by atoms with van der Waals surface area (Å²) in [5.41, 5.74) is 0. The average molecular weight is 344 g/mol. The van der Waals surface area contributed by atoms with E-state index in [0.29, 0.717) is 10.9 Å². The number of nitrogens with one attached hydrogen (secondary N) is 1. The summed E-state index contributed by atoms with van der Waals surface area (Å²) in [5.74, 6) is 0.752. The van der Waals surface area contributed by atoms with Crippen LogP contribution in [0.15, 0.2) is 56.4 Å². The van der Waals surface area contributed by atoms with Gasteiger partial charge in [0.2, 0.25) is 10.0 Å². The quantitative estimate of drug-likeness (QED) is 0.907. The van der Waals surface area contributed by atoms with E-state index in [0.717, 1.165) is 5.76 Å². The van der Waals surface area contributed by atoms with Gasteiger partial charge in [-0.05, 0) is 47.1 Å². The molecule has 0 fully saturated rings. The van der Waals surface area contributed by atoms with Crippen LogP contribution in [0.3, 0.4) is 0 Å². The summed E-state index contributed by atoms with van der Waals surface area (Å²) in [5, 5.41) is 0. The fraction of sp³-hybridized carbons (Fsp3) is 0.231. The van der Waals surface area contributed by atoms with Crippen molar-refractivity contribution in [3.8, 4) is 0 Å². The van der Waals surface area contributed by atoms with Gasteiger partial charge in [0.1, 0.15) is 5.76 Å². The van der Waals surface area contributed by atoms with Crippen LogP contribution >= 0.6 is 15.9 Å². The Bertz CT molecular complexity index is 638. The number of rotatable bonds is 5. The van der Waals surface area contributed by atoms with Gasteiger partial charge in [0.05, 0.1) is 11.2 Å². The van der Waals surface area contributed by atoms with E-state index in [1.165, 1.54) is 0 Å². The van der Waals surface area contributed by atoms with Crippen molar-refractivity contribution in [1.82, 2.24) is 4.72 Å². The van der Waals surface area contributed by atoms with E-state index in [1.54, 1.807) is 43.5 Å². The fourth-order valence-electron chi connectivity index (χ4n) is 1.76. The van der Waals surface area contributed by atoms with Gasteiger partial charge >= 0.3 is 0 Å². The molecule has 19 heavy (non-hydrogen) atoms. The van der Waals surface area contributed by atoms with Gasteiger partial charge in [0.25, 0.3) is 0 Å². The molecule has 1 aromatic heterocycles. The third kappa shape index (κ3) is 3.68. The summed E-state index contributed by atoms with van der Waals surface area (Å²) in [7, 11) is -3.53. The maximum atomic E-state index is 12.2. The molecule has 4 nitrogen and oxygen atoms in total. The first-order chi connectivity index (χ1) is 8.99. The Morgan fingerprint density at radius 2 is 2.00 bits per heavy atom. The van der Waals surface area contributed by atoms with Crippen molar-refractivity contribution in [3.05, 3.63) is 52.9 Å². The third-order valence-corrected chi connectivity index (χ3v) is 5.17. The van der Waals surface area contributed by atoms with E-state index in [-0.39, 0.29) is 10.9 Å². The highest BCUT2D eigenvalue weighted by atomic mass is 79.9. The van der Waals surface area contributed by atoms with Crippen LogP contribution in [0.2, 0.25) is 0 Å². The Morgan fingerprint density at radius 1 is 1.26 bits per heavy atom. The number of benzene rings is 1. The first-order valence-corrected chi connectivity index (χ1v) is 8.06. The van der Waals surface area contributed by atoms with Crippen molar-refractivity contribution in [1.29, 1.82) is 0 Å². The van der Waals surface area contributed by atoms with Gasteiger partial charge in [-0.25, -0.2) is 13.1 Å². The molecule has 6 heteroatoms. The zero-order valence-electron chi connectivity index (χ0n) is 10.3. The standard InChI is InChI=1S/C13H14BrNO3S/c1-10(9-11-5-4-8-18-11)15-19(16,17)13-7-3-2-6-12(13)14/h2-8,10,15H,9H2,1H3. The lowest BCUT2D eigenvalue weighted by Crippen LogP contribution is -2.34. The predicted molar refractivity (Wildman–Crippen MR) is 76.3 cm³/mol. The van der Waals surface area contributed by atoms with Crippen LogP contribution in [0.1, 0.15) is 12.7 Å². The maximum Gasteiger partial charge on any atom is 0.241 e. The molecule has 0 radical (unpaired) electrons. The van der Waals surface area contributed by atoms with E-state index >= 15 is 0 Å². The van der Waals surface area contributed by atoms with Gasteiger partial charge in [0.15, 0.2) is 0 Å². The van der Waals surface area contributed by atoms with Crippen molar-refractivity contribution in [3.63, 3.8) is 0 Å². The minimum atomic E-state index is -3.53. The summed E-state index contributed by atoms with van der Waals surface area (Å²) in [4.78, 5) is 0.237. The van der Waals surface area contributed by atoms with E-state index in [2.05, 4.69) is 20.7 Å². The molecule has 0 aliphatic carbocycles. The molecule has 1 atom stereocenters. The first kappa shape index (κ1) is 14.3. The van der Waals surface area contributed by atoms with Gasteiger partial charge < -0.3 is 4.42 Å². The highest BCUT2D eigenvalue weighted by molar-refractivity contribution is 9.10. The van der Waals surface area contributed by atoms with E-state index in [4.69, 9.17) is 4.42 Å². The molecule has 0 aliphatic heterocycles.